The van der Waals surface area contributed by atoms with Crippen molar-refractivity contribution in [1.29, 1.82) is 0 Å². The summed E-state index contributed by atoms with van der Waals surface area (Å²) in [5.41, 5.74) is 5.79. The molecule has 0 bridgehead atoms. The second-order valence-corrected chi connectivity index (χ2v) is 4.73. The van der Waals surface area contributed by atoms with Crippen molar-refractivity contribution >= 4 is 17.0 Å². The van der Waals surface area contributed by atoms with Crippen molar-refractivity contribution in [1.82, 2.24) is 14.5 Å². The van der Waals surface area contributed by atoms with Crippen molar-refractivity contribution in [2.45, 2.75) is 25.4 Å². The average Bonchev–Trinajstić information content (AvgIpc) is 2.76. The van der Waals surface area contributed by atoms with Gasteiger partial charge in [-0.1, -0.05) is 0 Å². The largest absolute Gasteiger partial charge is 0.394 e. The minimum atomic E-state index is -1.45. The lowest BCUT2D eigenvalue weighted by atomic mass is 10.2. The predicted molar refractivity (Wildman–Crippen MR) is 74.6 cm³/mol. The van der Waals surface area contributed by atoms with E-state index in [-0.39, 0.29) is 17.0 Å². The zero-order valence-electron chi connectivity index (χ0n) is 11.6. The number of nitrogens with one attached hydrogen (secondary N) is 1. The lowest BCUT2D eigenvalue weighted by Crippen LogP contribution is -2.38. The summed E-state index contributed by atoms with van der Waals surface area (Å²) < 4.78 is 6.11. The molecule has 9 heteroatoms. The number of hydrogen-bond donors (Lipinski definition) is 5. The van der Waals surface area contributed by atoms with E-state index in [0.29, 0.717) is 5.56 Å². The number of aryl methyl sites for hydroxylation is 1. The summed E-state index contributed by atoms with van der Waals surface area (Å²) in [6.45, 7) is 1.20. The molecule has 2 aromatic rings. The minimum Gasteiger partial charge on any atom is -0.394 e. The van der Waals surface area contributed by atoms with Crippen molar-refractivity contribution < 1.29 is 20.1 Å². The number of fused-ring (bicyclic) bond motifs is 1. The van der Waals surface area contributed by atoms with Gasteiger partial charge in [-0.25, -0.2) is 0 Å². The number of hydrogen-bond acceptors (Lipinski definition) is 7. The molecule has 0 aliphatic rings. The average molecular weight is 298 g/mol. The first-order valence-electron chi connectivity index (χ1n) is 6.27. The number of aliphatic hydroxyl groups is 3. The predicted octanol–water partition coefficient (Wildman–Crippen LogP) is -1.53. The second-order valence-electron chi connectivity index (χ2n) is 4.73. The molecule has 0 aliphatic carbocycles. The molecular weight excluding hydrogens is 280 g/mol. The van der Waals surface area contributed by atoms with Gasteiger partial charge in [-0.15, -0.1) is 0 Å². The molecule has 3 atom stereocenters. The van der Waals surface area contributed by atoms with Crippen LogP contribution < -0.4 is 11.3 Å². The van der Waals surface area contributed by atoms with E-state index in [4.69, 9.17) is 15.6 Å². The zero-order valence-corrected chi connectivity index (χ0v) is 11.6. The van der Waals surface area contributed by atoms with Crippen LogP contribution in [0.3, 0.4) is 0 Å². The number of nitrogen functional groups attached to an aromatic ring is 1. The van der Waals surface area contributed by atoms with E-state index in [1.165, 1.54) is 17.9 Å². The molecule has 2 heterocycles. The minimum absolute atomic E-state index is 0.0982. The molecule has 0 aliphatic heterocycles. The molecule has 0 saturated carbocycles. The number of rotatable bonds is 5. The number of aromatic nitrogens is 3. The maximum absolute atomic E-state index is 11.9. The Morgan fingerprint density at radius 2 is 2.19 bits per heavy atom. The molecular formula is C12H18N4O5. The summed E-state index contributed by atoms with van der Waals surface area (Å²) in [6.07, 6.45) is -2.36. The number of aromatic amines is 1. The van der Waals surface area contributed by atoms with Gasteiger partial charge in [0.1, 0.15) is 12.2 Å². The maximum atomic E-state index is 11.9. The van der Waals surface area contributed by atoms with Gasteiger partial charge >= 0.3 is 0 Å². The Labute approximate surface area is 119 Å². The molecule has 0 fully saturated rings. The molecule has 0 radical (unpaired) electrons. The normalized spacial score (nSPS) is 16.0. The Kier molecular flexibility index (Phi) is 4.28. The van der Waals surface area contributed by atoms with Crippen LogP contribution in [0.25, 0.3) is 11.0 Å². The molecule has 9 nitrogen and oxygen atoms in total. The number of ether oxygens (including phenoxy) is 1. The molecule has 0 saturated heterocycles. The van der Waals surface area contributed by atoms with Crippen LogP contribution >= 0.6 is 0 Å². The Hall–Kier alpha value is -1.94. The molecule has 0 spiro atoms. The Bertz CT molecular complexity index is 691. The van der Waals surface area contributed by atoms with E-state index in [1.807, 2.05) is 0 Å². The van der Waals surface area contributed by atoms with Gasteiger partial charge in [-0.2, -0.15) is 4.98 Å². The van der Waals surface area contributed by atoms with Gasteiger partial charge < -0.3 is 30.4 Å². The number of nitrogens with zero attached hydrogens (tertiary/aromatic N) is 2. The summed E-state index contributed by atoms with van der Waals surface area (Å²) in [7, 11) is 1.30. The third-order valence-corrected chi connectivity index (χ3v) is 3.34. The van der Waals surface area contributed by atoms with Crippen molar-refractivity contribution in [2.75, 3.05) is 19.5 Å². The smallest absolute Gasteiger partial charge is 0.262 e. The fourth-order valence-corrected chi connectivity index (χ4v) is 2.24. The van der Waals surface area contributed by atoms with E-state index < -0.39 is 30.6 Å². The van der Waals surface area contributed by atoms with Crippen LogP contribution in [0.5, 0.6) is 0 Å². The van der Waals surface area contributed by atoms with E-state index in [1.54, 1.807) is 6.92 Å². The van der Waals surface area contributed by atoms with Crippen LogP contribution in [-0.2, 0) is 4.74 Å². The van der Waals surface area contributed by atoms with Gasteiger partial charge in [0.25, 0.3) is 5.56 Å². The Balaban J connectivity index is 2.54. The second kappa shape index (κ2) is 5.82. The molecule has 116 valence electrons. The third-order valence-electron chi connectivity index (χ3n) is 3.34. The molecule has 2 aromatic heterocycles. The van der Waals surface area contributed by atoms with Gasteiger partial charge in [0.05, 0.1) is 12.0 Å². The molecule has 0 unspecified atom stereocenters. The van der Waals surface area contributed by atoms with Crippen molar-refractivity contribution in [3.8, 4) is 0 Å². The Morgan fingerprint density at radius 1 is 1.52 bits per heavy atom. The standard InChI is InChI=1S/C12H18N4O5/c1-5-3-16(11(20)8(18)6(4-17)21-2)9-7(5)10(19)15-12(13)14-9/h3,6,8,11,17-18,20H,4H2,1-2H3,(H3,13,14,15,19)/t6-,8-,11+/m1/s1. The van der Waals surface area contributed by atoms with Gasteiger partial charge in [-0.05, 0) is 12.5 Å². The number of methoxy groups -OCH3 is 1. The van der Waals surface area contributed by atoms with Crippen LogP contribution in [0, 0.1) is 6.92 Å². The van der Waals surface area contributed by atoms with Crippen LogP contribution in [0.2, 0.25) is 0 Å². The first-order valence-corrected chi connectivity index (χ1v) is 6.27. The lowest BCUT2D eigenvalue weighted by molar-refractivity contribution is -0.115. The number of H-pyrrole nitrogens is 1. The van der Waals surface area contributed by atoms with E-state index in [2.05, 4.69) is 9.97 Å². The summed E-state index contributed by atoms with van der Waals surface area (Å²) in [4.78, 5) is 18.2. The monoisotopic (exact) mass is 298 g/mol. The van der Waals surface area contributed by atoms with Crippen LogP contribution in [0.4, 0.5) is 5.95 Å². The van der Waals surface area contributed by atoms with Crippen LogP contribution in [0.1, 0.15) is 11.8 Å². The van der Waals surface area contributed by atoms with Gasteiger partial charge in [0, 0.05) is 13.3 Å². The summed E-state index contributed by atoms with van der Waals surface area (Å²) in [6, 6.07) is 0. The van der Waals surface area contributed by atoms with Gasteiger partial charge in [0.15, 0.2) is 11.9 Å². The quantitative estimate of drug-likeness (QED) is 0.450. The number of nitrogens with two attached hydrogens (primary N) is 1. The fourth-order valence-electron chi connectivity index (χ4n) is 2.24. The summed E-state index contributed by atoms with van der Waals surface area (Å²) >= 11 is 0. The summed E-state index contributed by atoms with van der Waals surface area (Å²) in [5, 5.41) is 29.7. The molecule has 0 amide bonds. The van der Waals surface area contributed by atoms with Crippen LogP contribution in [-0.4, -0.2) is 55.8 Å². The SMILES string of the molecule is CO[C@H](CO)[C@@H](O)[C@H](O)n1cc(C)c2c(=O)[nH]c(N)nc21. The number of aliphatic hydroxyl groups excluding tert-OH is 3. The highest BCUT2D eigenvalue weighted by molar-refractivity contribution is 5.80. The first-order chi connectivity index (χ1) is 9.90. The van der Waals surface area contributed by atoms with E-state index >= 15 is 0 Å². The topological polar surface area (TPSA) is 147 Å². The van der Waals surface area contributed by atoms with Gasteiger partial charge in [-0.3, -0.25) is 9.78 Å². The first kappa shape index (κ1) is 15.4. The molecule has 6 N–H and O–H groups in total. The lowest BCUT2D eigenvalue weighted by Gasteiger charge is -2.25. The fraction of sp³-hybridized carbons (Fsp3) is 0.500. The van der Waals surface area contributed by atoms with Crippen molar-refractivity contribution in [2.24, 2.45) is 0 Å². The number of anilines is 1. The van der Waals surface area contributed by atoms with E-state index in [9.17, 15) is 15.0 Å². The Morgan fingerprint density at radius 3 is 2.76 bits per heavy atom. The molecule has 0 aromatic carbocycles. The maximum Gasteiger partial charge on any atom is 0.262 e. The zero-order chi connectivity index (χ0) is 15.7. The van der Waals surface area contributed by atoms with Crippen molar-refractivity contribution in [3.63, 3.8) is 0 Å². The summed E-state index contributed by atoms with van der Waals surface area (Å²) in [5.74, 6) is -0.0982. The highest BCUT2D eigenvalue weighted by atomic mass is 16.5. The molecule has 2 rings (SSSR count). The van der Waals surface area contributed by atoms with Gasteiger partial charge in [0.2, 0.25) is 5.95 Å². The highest BCUT2D eigenvalue weighted by Gasteiger charge is 2.29. The third kappa shape index (κ3) is 2.63. The highest BCUT2D eigenvalue weighted by Crippen LogP contribution is 2.22. The van der Waals surface area contributed by atoms with Crippen molar-refractivity contribution in [3.05, 3.63) is 22.1 Å². The van der Waals surface area contributed by atoms with Crippen LogP contribution in [0.15, 0.2) is 11.0 Å². The van der Waals surface area contributed by atoms with E-state index in [0.717, 1.165) is 0 Å². The molecule has 21 heavy (non-hydrogen) atoms.